The number of benzene rings is 4. The van der Waals surface area contributed by atoms with Gasteiger partial charge in [-0.1, -0.05) is 56.3 Å². The summed E-state index contributed by atoms with van der Waals surface area (Å²) < 4.78 is 0. The molecule has 0 bridgehead atoms. The SMILES string of the molecule is CCc1ccc2cc3c(cc2c1)c(CC)nc1cc2ccccc2cc13. The maximum Gasteiger partial charge on any atom is 0.0718 e. The average Bonchev–Trinajstić information content (AvgIpc) is 2.70. The molecule has 0 aliphatic carbocycles. The van der Waals surface area contributed by atoms with Crippen molar-refractivity contribution in [2.45, 2.75) is 26.7 Å². The van der Waals surface area contributed by atoms with Crippen LogP contribution in [-0.4, -0.2) is 4.98 Å². The largest absolute Gasteiger partial charge is 0.252 e. The van der Waals surface area contributed by atoms with Crippen LogP contribution in [0.2, 0.25) is 0 Å². The molecule has 126 valence electrons. The minimum atomic E-state index is 0.943. The Hall–Kier alpha value is -2.93. The zero-order chi connectivity index (χ0) is 17.7. The van der Waals surface area contributed by atoms with Crippen molar-refractivity contribution in [3.05, 3.63) is 78.0 Å². The number of pyridine rings is 1. The molecule has 0 atom stereocenters. The van der Waals surface area contributed by atoms with Crippen molar-refractivity contribution >= 4 is 43.2 Å². The first kappa shape index (κ1) is 15.3. The summed E-state index contributed by atoms with van der Waals surface area (Å²) in [5, 5.41) is 8.99. The van der Waals surface area contributed by atoms with Gasteiger partial charge in [0.05, 0.1) is 5.52 Å². The lowest BCUT2D eigenvalue weighted by atomic mass is 9.96. The molecule has 0 saturated carbocycles. The van der Waals surface area contributed by atoms with Crippen LogP contribution < -0.4 is 0 Å². The molecule has 0 spiro atoms. The molecule has 1 heterocycles. The van der Waals surface area contributed by atoms with E-state index in [4.69, 9.17) is 4.98 Å². The lowest BCUT2D eigenvalue weighted by molar-refractivity contribution is 1.08. The zero-order valence-electron chi connectivity index (χ0n) is 15.2. The molecule has 0 unspecified atom stereocenters. The lowest BCUT2D eigenvalue weighted by Crippen LogP contribution is -1.93. The molecule has 5 rings (SSSR count). The van der Waals surface area contributed by atoms with Crippen molar-refractivity contribution in [1.82, 2.24) is 4.98 Å². The molecule has 1 nitrogen and oxygen atoms in total. The van der Waals surface area contributed by atoms with Crippen LogP contribution in [0, 0.1) is 0 Å². The van der Waals surface area contributed by atoms with Gasteiger partial charge < -0.3 is 0 Å². The zero-order valence-corrected chi connectivity index (χ0v) is 15.2. The molecule has 0 N–H and O–H groups in total. The highest BCUT2D eigenvalue weighted by atomic mass is 14.7. The first-order valence-corrected chi connectivity index (χ1v) is 9.44. The predicted octanol–water partition coefficient (Wildman–Crippen LogP) is 6.82. The normalized spacial score (nSPS) is 11.8. The number of hydrogen-bond acceptors (Lipinski definition) is 1. The van der Waals surface area contributed by atoms with Gasteiger partial charge in [0.15, 0.2) is 0 Å². The van der Waals surface area contributed by atoms with E-state index in [0.717, 1.165) is 18.4 Å². The Morgan fingerprint density at radius 1 is 0.615 bits per heavy atom. The molecule has 5 aromatic rings. The monoisotopic (exact) mass is 335 g/mol. The van der Waals surface area contributed by atoms with Gasteiger partial charge in [-0.3, -0.25) is 4.98 Å². The number of fused-ring (bicyclic) bond motifs is 5. The molecule has 0 aliphatic heterocycles. The highest BCUT2D eigenvalue weighted by Gasteiger charge is 2.10. The van der Waals surface area contributed by atoms with E-state index in [1.54, 1.807) is 0 Å². The van der Waals surface area contributed by atoms with Crippen LogP contribution in [0.4, 0.5) is 0 Å². The third-order valence-corrected chi connectivity index (χ3v) is 5.50. The van der Waals surface area contributed by atoms with Crippen LogP contribution in [-0.2, 0) is 12.8 Å². The second kappa shape index (κ2) is 5.81. The maximum absolute atomic E-state index is 5.02. The molecular weight excluding hydrogens is 314 g/mol. The Morgan fingerprint density at radius 3 is 2.08 bits per heavy atom. The average molecular weight is 335 g/mol. The van der Waals surface area contributed by atoms with Crippen LogP contribution in [0.15, 0.2) is 66.7 Å². The van der Waals surface area contributed by atoms with Crippen LogP contribution in [0.1, 0.15) is 25.1 Å². The Morgan fingerprint density at radius 2 is 1.31 bits per heavy atom. The van der Waals surface area contributed by atoms with Crippen molar-refractivity contribution in [2.75, 3.05) is 0 Å². The molecule has 1 aromatic heterocycles. The summed E-state index contributed by atoms with van der Waals surface area (Å²) in [7, 11) is 0. The standard InChI is InChI=1S/C25H21N/c1-3-16-9-10-19-12-21-22(14-20(19)11-16)24(4-2)26-25-15-18-8-6-5-7-17(18)13-23(21)25/h5-15H,3-4H2,1-2H3. The van der Waals surface area contributed by atoms with Crippen LogP contribution in [0.3, 0.4) is 0 Å². The van der Waals surface area contributed by atoms with Crippen LogP contribution in [0.5, 0.6) is 0 Å². The van der Waals surface area contributed by atoms with Gasteiger partial charge in [0.1, 0.15) is 0 Å². The van der Waals surface area contributed by atoms with Gasteiger partial charge in [-0.05, 0) is 69.6 Å². The highest BCUT2D eigenvalue weighted by molar-refractivity contribution is 6.14. The lowest BCUT2D eigenvalue weighted by Gasteiger charge is -2.12. The van der Waals surface area contributed by atoms with Gasteiger partial charge in [0.25, 0.3) is 0 Å². The number of rotatable bonds is 2. The van der Waals surface area contributed by atoms with E-state index in [2.05, 4.69) is 80.6 Å². The van der Waals surface area contributed by atoms with E-state index in [0.29, 0.717) is 0 Å². The number of hydrogen-bond donors (Lipinski definition) is 0. The molecule has 0 radical (unpaired) electrons. The van der Waals surface area contributed by atoms with E-state index in [1.165, 1.54) is 49.0 Å². The minimum Gasteiger partial charge on any atom is -0.252 e. The van der Waals surface area contributed by atoms with E-state index in [-0.39, 0.29) is 0 Å². The first-order valence-electron chi connectivity index (χ1n) is 9.44. The second-order valence-electron chi connectivity index (χ2n) is 7.06. The number of aryl methyl sites for hydroxylation is 2. The van der Waals surface area contributed by atoms with Crippen LogP contribution >= 0.6 is 0 Å². The first-order chi connectivity index (χ1) is 12.8. The summed E-state index contributed by atoms with van der Waals surface area (Å²) in [5.74, 6) is 0. The molecule has 0 saturated heterocycles. The van der Waals surface area contributed by atoms with Gasteiger partial charge in [0.2, 0.25) is 0 Å². The fraction of sp³-hybridized carbons (Fsp3) is 0.160. The summed E-state index contributed by atoms with van der Waals surface area (Å²) in [6, 6.07) is 24.6. The van der Waals surface area contributed by atoms with Crippen molar-refractivity contribution in [3.8, 4) is 0 Å². The quantitative estimate of drug-likeness (QED) is 0.255. The van der Waals surface area contributed by atoms with Gasteiger partial charge in [0, 0.05) is 16.5 Å². The summed E-state index contributed by atoms with van der Waals surface area (Å²) >= 11 is 0. The minimum absolute atomic E-state index is 0.943. The predicted molar refractivity (Wildman–Crippen MR) is 113 cm³/mol. The Balaban J connectivity index is 1.96. The van der Waals surface area contributed by atoms with E-state index in [1.807, 2.05) is 0 Å². The molecule has 1 heteroatoms. The van der Waals surface area contributed by atoms with Crippen molar-refractivity contribution in [3.63, 3.8) is 0 Å². The number of nitrogens with zero attached hydrogens (tertiary/aromatic N) is 1. The van der Waals surface area contributed by atoms with Gasteiger partial charge in [-0.15, -0.1) is 0 Å². The molecule has 0 amide bonds. The van der Waals surface area contributed by atoms with Gasteiger partial charge in [-0.2, -0.15) is 0 Å². The van der Waals surface area contributed by atoms with Gasteiger partial charge >= 0.3 is 0 Å². The fourth-order valence-corrected chi connectivity index (χ4v) is 4.04. The van der Waals surface area contributed by atoms with Crippen molar-refractivity contribution < 1.29 is 0 Å². The van der Waals surface area contributed by atoms with E-state index >= 15 is 0 Å². The Kier molecular flexibility index (Phi) is 3.43. The Bertz CT molecular complexity index is 1300. The molecule has 0 aliphatic rings. The molecule has 26 heavy (non-hydrogen) atoms. The maximum atomic E-state index is 5.02. The topological polar surface area (TPSA) is 12.9 Å². The summed E-state index contributed by atoms with van der Waals surface area (Å²) in [6.07, 6.45) is 2.01. The molecule has 4 aromatic carbocycles. The number of aromatic nitrogens is 1. The summed E-state index contributed by atoms with van der Waals surface area (Å²) in [6.45, 7) is 4.40. The van der Waals surface area contributed by atoms with E-state index < -0.39 is 0 Å². The molecular formula is C25H21N. The third-order valence-electron chi connectivity index (χ3n) is 5.50. The van der Waals surface area contributed by atoms with E-state index in [9.17, 15) is 0 Å². The highest BCUT2D eigenvalue weighted by Crippen LogP contribution is 2.33. The summed E-state index contributed by atoms with van der Waals surface area (Å²) in [4.78, 5) is 5.02. The third kappa shape index (κ3) is 2.28. The smallest absolute Gasteiger partial charge is 0.0718 e. The molecule has 0 fully saturated rings. The Labute approximate surface area is 153 Å². The second-order valence-corrected chi connectivity index (χ2v) is 7.06. The van der Waals surface area contributed by atoms with Crippen LogP contribution in [0.25, 0.3) is 43.2 Å². The van der Waals surface area contributed by atoms with Gasteiger partial charge in [-0.25, -0.2) is 0 Å². The summed E-state index contributed by atoms with van der Waals surface area (Å²) in [5.41, 5.74) is 3.67. The van der Waals surface area contributed by atoms with Crippen molar-refractivity contribution in [1.29, 1.82) is 0 Å². The van der Waals surface area contributed by atoms with Crippen molar-refractivity contribution in [2.24, 2.45) is 0 Å². The fourth-order valence-electron chi connectivity index (χ4n) is 4.04.